The first-order chi connectivity index (χ1) is 7.40. The van der Waals surface area contributed by atoms with Gasteiger partial charge in [-0.05, 0) is 38.5 Å². The van der Waals surface area contributed by atoms with Crippen molar-refractivity contribution in [2.75, 3.05) is 13.6 Å². The van der Waals surface area contributed by atoms with Gasteiger partial charge in [-0.15, -0.1) is 0 Å². The number of rotatable bonds is 3. The van der Waals surface area contributed by atoms with Crippen molar-refractivity contribution < 1.29 is 9.90 Å². The maximum absolute atomic E-state index is 12.2. The maximum Gasteiger partial charge on any atom is 0.226 e. The number of carbonyl (C=O) groups is 1. The molecule has 2 aliphatic rings. The lowest BCUT2D eigenvalue weighted by Crippen LogP contribution is -2.40. The Morgan fingerprint density at radius 2 is 1.81 bits per heavy atom. The van der Waals surface area contributed by atoms with Gasteiger partial charge in [0.05, 0.1) is 5.60 Å². The van der Waals surface area contributed by atoms with Crippen molar-refractivity contribution in [2.24, 2.45) is 17.8 Å². The van der Waals surface area contributed by atoms with Gasteiger partial charge in [0.1, 0.15) is 0 Å². The van der Waals surface area contributed by atoms with Crippen LogP contribution < -0.4 is 0 Å². The number of likely N-dealkylation sites (N-methyl/N-ethyl adjacent to an activating group) is 1. The molecule has 0 aromatic heterocycles. The Morgan fingerprint density at radius 3 is 2.25 bits per heavy atom. The van der Waals surface area contributed by atoms with Crippen LogP contribution in [-0.4, -0.2) is 35.1 Å². The zero-order valence-electron chi connectivity index (χ0n) is 10.6. The van der Waals surface area contributed by atoms with Gasteiger partial charge in [0.25, 0.3) is 0 Å². The second kappa shape index (κ2) is 4.02. The Labute approximate surface area is 97.8 Å². The van der Waals surface area contributed by atoms with Crippen LogP contribution in [0.4, 0.5) is 0 Å². The van der Waals surface area contributed by atoms with E-state index >= 15 is 0 Å². The van der Waals surface area contributed by atoms with E-state index in [0.717, 1.165) is 0 Å². The summed E-state index contributed by atoms with van der Waals surface area (Å²) in [6.07, 6.45) is 5.05. The van der Waals surface area contributed by atoms with Gasteiger partial charge in [-0.25, -0.2) is 0 Å². The first-order valence-electron chi connectivity index (χ1n) is 6.37. The average molecular weight is 225 g/mol. The van der Waals surface area contributed by atoms with Crippen LogP contribution in [-0.2, 0) is 4.79 Å². The van der Waals surface area contributed by atoms with Gasteiger partial charge in [0.2, 0.25) is 5.91 Å². The molecule has 0 bridgehead atoms. The van der Waals surface area contributed by atoms with Crippen molar-refractivity contribution in [1.82, 2.24) is 4.90 Å². The second-order valence-electron chi connectivity index (χ2n) is 6.14. The van der Waals surface area contributed by atoms with Crippen LogP contribution in [0.3, 0.4) is 0 Å². The number of aliphatic hydroxyl groups is 1. The fourth-order valence-corrected chi connectivity index (χ4v) is 3.27. The highest BCUT2D eigenvalue weighted by molar-refractivity contribution is 5.82. The van der Waals surface area contributed by atoms with Gasteiger partial charge in [-0.3, -0.25) is 4.79 Å². The van der Waals surface area contributed by atoms with Crippen LogP contribution in [0.2, 0.25) is 0 Å². The highest BCUT2D eigenvalue weighted by Crippen LogP contribution is 2.55. The molecule has 3 heteroatoms. The van der Waals surface area contributed by atoms with E-state index in [1.807, 2.05) is 7.05 Å². The van der Waals surface area contributed by atoms with Crippen LogP contribution >= 0.6 is 0 Å². The van der Waals surface area contributed by atoms with Crippen molar-refractivity contribution in [3.8, 4) is 0 Å². The summed E-state index contributed by atoms with van der Waals surface area (Å²) in [6.45, 7) is 3.93. The summed E-state index contributed by atoms with van der Waals surface area (Å²) >= 11 is 0. The number of hydrogen-bond donors (Lipinski definition) is 1. The quantitative estimate of drug-likeness (QED) is 0.793. The molecule has 3 nitrogen and oxygen atoms in total. The van der Waals surface area contributed by atoms with E-state index in [-0.39, 0.29) is 11.8 Å². The fourth-order valence-electron chi connectivity index (χ4n) is 3.27. The van der Waals surface area contributed by atoms with E-state index in [1.165, 1.54) is 25.7 Å². The normalized spacial score (nSPS) is 33.1. The highest BCUT2D eigenvalue weighted by atomic mass is 16.3. The summed E-state index contributed by atoms with van der Waals surface area (Å²) in [5.74, 6) is 1.84. The lowest BCUT2D eigenvalue weighted by molar-refractivity contribution is -0.134. The van der Waals surface area contributed by atoms with Crippen molar-refractivity contribution in [1.29, 1.82) is 0 Å². The molecular formula is C13H23NO2. The molecule has 2 fully saturated rings. The van der Waals surface area contributed by atoms with E-state index < -0.39 is 5.60 Å². The largest absolute Gasteiger partial charge is 0.389 e. The average Bonchev–Trinajstić information content (AvgIpc) is 2.87. The van der Waals surface area contributed by atoms with Crippen molar-refractivity contribution >= 4 is 5.91 Å². The maximum atomic E-state index is 12.2. The standard InChI is InChI=1S/C13H23NO2/c1-13(2,16)8-14(3)12(15)11-9-6-4-5-7-10(9)11/h9-11,16H,4-8H2,1-3H3. The number of amides is 1. The SMILES string of the molecule is CN(CC(C)(C)O)C(=O)C1C2CCCCC21. The topological polar surface area (TPSA) is 40.5 Å². The molecule has 0 aromatic carbocycles. The Kier molecular flexibility index (Phi) is 2.99. The van der Waals surface area contributed by atoms with Crippen LogP contribution in [0.15, 0.2) is 0 Å². The number of carbonyl (C=O) groups excluding carboxylic acids is 1. The lowest BCUT2D eigenvalue weighted by Gasteiger charge is -2.25. The van der Waals surface area contributed by atoms with Crippen LogP contribution in [0.1, 0.15) is 39.5 Å². The Hall–Kier alpha value is -0.570. The van der Waals surface area contributed by atoms with Gasteiger partial charge in [-0.2, -0.15) is 0 Å². The predicted octanol–water partition coefficient (Wildman–Crippen LogP) is 1.65. The zero-order valence-corrected chi connectivity index (χ0v) is 10.6. The third-order valence-corrected chi connectivity index (χ3v) is 3.94. The smallest absolute Gasteiger partial charge is 0.226 e. The van der Waals surface area contributed by atoms with Crippen LogP contribution in [0, 0.1) is 17.8 Å². The van der Waals surface area contributed by atoms with Gasteiger partial charge in [-0.1, -0.05) is 12.8 Å². The van der Waals surface area contributed by atoms with E-state index in [4.69, 9.17) is 0 Å². The molecule has 0 saturated heterocycles. The number of fused-ring (bicyclic) bond motifs is 1. The van der Waals surface area contributed by atoms with Crippen molar-refractivity contribution in [3.63, 3.8) is 0 Å². The summed E-state index contributed by atoms with van der Waals surface area (Å²) in [5.41, 5.74) is -0.787. The van der Waals surface area contributed by atoms with E-state index in [2.05, 4.69) is 0 Å². The Balaban J connectivity index is 1.89. The number of nitrogens with zero attached hydrogens (tertiary/aromatic N) is 1. The molecule has 16 heavy (non-hydrogen) atoms. The molecule has 0 aromatic rings. The molecule has 92 valence electrons. The molecule has 2 unspecified atom stereocenters. The molecule has 0 spiro atoms. The van der Waals surface area contributed by atoms with E-state index in [9.17, 15) is 9.90 Å². The summed E-state index contributed by atoms with van der Waals surface area (Å²) in [6, 6.07) is 0. The molecule has 2 aliphatic carbocycles. The monoisotopic (exact) mass is 225 g/mol. The lowest BCUT2D eigenvalue weighted by atomic mass is 10.0. The number of hydrogen-bond acceptors (Lipinski definition) is 2. The van der Waals surface area contributed by atoms with Crippen LogP contribution in [0.25, 0.3) is 0 Å². The third kappa shape index (κ3) is 2.40. The Morgan fingerprint density at radius 1 is 1.31 bits per heavy atom. The van der Waals surface area contributed by atoms with Crippen molar-refractivity contribution in [3.05, 3.63) is 0 Å². The summed E-state index contributed by atoms with van der Waals surface area (Å²) in [7, 11) is 1.81. The van der Waals surface area contributed by atoms with Gasteiger partial charge < -0.3 is 10.0 Å². The zero-order chi connectivity index (χ0) is 11.9. The minimum absolute atomic E-state index is 0.249. The molecule has 2 rings (SSSR count). The minimum Gasteiger partial charge on any atom is -0.389 e. The summed E-state index contributed by atoms with van der Waals surface area (Å²) in [5, 5.41) is 9.70. The Bertz CT molecular complexity index is 270. The van der Waals surface area contributed by atoms with Gasteiger partial charge in [0, 0.05) is 19.5 Å². The summed E-state index contributed by atoms with van der Waals surface area (Å²) < 4.78 is 0. The molecule has 1 amide bonds. The van der Waals surface area contributed by atoms with Crippen molar-refractivity contribution in [2.45, 2.75) is 45.1 Å². The first-order valence-corrected chi connectivity index (χ1v) is 6.37. The van der Waals surface area contributed by atoms with Gasteiger partial charge >= 0.3 is 0 Å². The predicted molar refractivity (Wildman–Crippen MR) is 62.9 cm³/mol. The summed E-state index contributed by atoms with van der Waals surface area (Å²) in [4.78, 5) is 13.9. The molecular weight excluding hydrogens is 202 g/mol. The minimum atomic E-state index is -0.787. The molecule has 0 aliphatic heterocycles. The second-order valence-corrected chi connectivity index (χ2v) is 6.14. The third-order valence-electron chi connectivity index (χ3n) is 3.94. The van der Waals surface area contributed by atoms with Crippen LogP contribution in [0.5, 0.6) is 0 Å². The highest BCUT2D eigenvalue weighted by Gasteiger charge is 2.55. The van der Waals surface area contributed by atoms with Gasteiger partial charge in [0.15, 0.2) is 0 Å². The molecule has 2 atom stereocenters. The van der Waals surface area contributed by atoms with E-state index in [1.54, 1.807) is 18.7 Å². The molecule has 1 N–H and O–H groups in total. The first kappa shape index (κ1) is 11.9. The molecule has 0 heterocycles. The molecule has 0 radical (unpaired) electrons. The van der Waals surface area contributed by atoms with E-state index in [0.29, 0.717) is 18.4 Å². The molecule has 2 saturated carbocycles. The fraction of sp³-hybridized carbons (Fsp3) is 0.923.